The van der Waals surface area contributed by atoms with E-state index in [-0.39, 0.29) is 0 Å². The molecule has 1 nitrogen and oxygen atoms in total. The van der Waals surface area contributed by atoms with E-state index < -0.39 is 0 Å². The van der Waals surface area contributed by atoms with Crippen LogP contribution in [0.4, 0.5) is 0 Å². The summed E-state index contributed by atoms with van der Waals surface area (Å²) in [7, 11) is 0. The van der Waals surface area contributed by atoms with E-state index in [2.05, 4.69) is 78.0 Å². The van der Waals surface area contributed by atoms with Crippen molar-refractivity contribution in [1.29, 1.82) is 0 Å². The molecule has 0 aromatic heterocycles. The molecule has 0 bridgehead atoms. The summed E-state index contributed by atoms with van der Waals surface area (Å²) in [6.45, 7) is 3.65. The molecular weight excluding hydrogens is 443 g/mol. The number of unbranched alkanes of at least 4 members (excludes halogenated alkanes) is 7. The lowest BCUT2D eigenvalue weighted by Crippen LogP contribution is -1.95. The largest absolute Gasteiger partial charge is 0.372 e. The maximum atomic E-state index is 5.87. The van der Waals surface area contributed by atoms with Crippen LogP contribution in [0.1, 0.15) is 80.5 Å². The lowest BCUT2D eigenvalue weighted by molar-refractivity contribution is 0.107. The van der Waals surface area contributed by atoms with Crippen LogP contribution in [0, 0.1) is 0 Å². The molecule has 0 unspecified atom stereocenters. The van der Waals surface area contributed by atoms with Gasteiger partial charge in [-0.3, -0.25) is 0 Å². The topological polar surface area (TPSA) is 9.23 Å². The van der Waals surface area contributed by atoms with Crippen LogP contribution in [-0.4, -0.2) is 0 Å². The standard InChI is InChI=1S/C25H35IO/c1-2-3-4-5-6-7-8-9-10-22-11-15-24(16-12-22)20-27-21-25-17-13-23(19-26)14-18-25/h11-18H,2-10,19-21H2,1H3. The van der Waals surface area contributed by atoms with Crippen LogP contribution in [0.2, 0.25) is 0 Å². The molecule has 148 valence electrons. The molecule has 2 heteroatoms. The van der Waals surface area contributed by atoms with Crippen molar-refractivity contribution in [2.75, 3.05) is 0 Å². The summed E-state index contributed by atoms with van der Waals surface area (Å²) < 4.78 is 6.93. The quantitative estimate of drug-likeness (QED) is 0.152. The summed E-state index contributed by atoms with van der Waals surface area (Å²) >= 11 is 2.39. The van der Waals surface area contributed by atoms with E-state index in [4.69, 9.17) is 4.74 Å². The minimum atomic E-state index is 0.682. The Kier molecular flexibility index (Phi) is 11.8. The van der Waals surface area contributed by atoms with Crippen LogP contribution >= 0.6 is 22.6 Å². The first-order valence-corrected chi connectivity index (χ1v) is 12.1. The van der Waals surface area contributed by atoms with Gasteiger partial charge in [0.05, 0.1) is 13.2 Å². The molecule has 0 saturated carbocycles. The third kappa shape index (κ3) is 9.75. The molecule has 0 fully saturated rings. The van der Waals surface area contributed by atoms with E-state index in [0.717, 1.165) is 4.43 Å². The summed E-state index contributed by atoms with van der Waals surface area (Å²) in [5, 5.41) is 0. The second-order valence-electron chi connectivity index (χ2n) is 7.48. The fourth-order valence-electron chi connectivity index (χ4n) is 3.28. The molecule has 0 aliphatic carbocycles. The summed E-state index contributed by atoms with van der Waals surface area (Å²) in [6.07, 6.45) is 12.3. The summed E-state index contributed by atoms with van der Waals surface area (Å²) in [5.74, 6) is 0. The third-order valence-electron chi connectivity index (χ3n) is 5.06. The second-order valence-corrected chi connectivity index (χ2v) is 8.25. The number of rotatable bonds is 14. The van der Waals surface area contributed by atoms with E-state index in [1.807, 2.05) is 0 Å². The molecule has 0 atom stereocenters. The average molecular weight is 478 g/mol. The van der Waals surface area contributed by atoms with E-state index in [1.165, 1.54) is 80.0 Å². The zero-order valence-corrected chi connectivity index (χ0v) is 19.0. The van der Waals surface area contributed by atoms with E-state index in [9.17, 15) is 0 Å². The van der Waals surface area contributed by atoms with Gasteiger partial charge < -0.3 is 4.74 Å². The first-order valence-electron chi connectivity index (χ1n) is 10.6. The van der Waals surface area contributed by atoms with Crippen molar-refractivity contribution >= 4 is 22.6 Å². The molecule has 0 N–H and O–H groups in total. The first-order chi connectivity index (χ1) is 13.3. The molecule has 2 aromatic rings. The van der Waals surface area contributed by atoms with E-state index in [1.54, 1.807) is 0 Å². The Morgan fingerprint density at radius 1 is 0.593 bits per heavy atom. The van der Waals surface area contributed by atoms with Crippen LogP contribution in [0.3, 0.4) is 0 Å². The fraction of sp³-hybridized carbons (Fsp3) is 0.520. The van der Waals surface area contributed by atoms with Gasteiger partial charge >= 0.3 is 0 Å². The number of hydrogen-bond acceptors (Lipinski definition) is 1. The smallest absolute Gasteiger partial charge is 0.0721 e. The zero-order chi connectivity index (χ0) is 19.2. The average Bonchev–Trinajstić information content (AvgIpc) is 2.71. The van der Waals surface area contributed by atoms with Gasteiger partial charge in [0.1, 0.15) is 0 Å². The van der Waals surface area contributed by atoms with Crippen molar-refractivity contribution in [2.24, 2.45) is 0 Å². The van der Waals surface area contributed by atoms with Crippen molar-refractivity contribution in [1.82, 2.24) is 0 Å². The normalized spacial score (nSPS) is 11.0. The van der Waals surface area contributed by atoms with Crippen molar-refractivity contribution in [3.8, 4) is 0 Å². The molecule has 0 amide bonds. The molecule has 0 heterocycles. The molecule has 0 aliphatic heterocycles. The summed E-state index contributed by atoms with van der Waals surface area (Å²) in [5.41, 5.74) is 5.33. The lowest BCUT2D eigenvalue weighted by atomic mass is 10.0. The van der Waals surface area contributed by atoms with E-state index in [0.29, 0.717) is 13.2 Å². The van der Waals surface area contributed by atoms with Crippen molar-refractivity contribution in [3.05, 3.63) is 70.8 Å². The molecule has 0 radical (unpaired) electrons. The van der Waals surface area contributed by atoms with Gasteiger partial charge in [-0.05, 0) is 35.1 Å². The SMILES string of the molecule is CCCCCCCCCCc1ccc(COCc2ccc(CI)cc2)cc1. The third-order valence-corrected chi connectivity index (χ3v) is 5.94. The van der Waals surface area contributed by atoms with Gasteiger partial charge in [-0.15, -0.1) is 0 Å². The highest BCUT2D eigenvalue weighted by Crippen LogP contribution is 2.14. The molecular formula is C25H35IO. The zero-order valence-electron chi connectivity index (χ0n) is 16.9. The molecule has 2 aromatic carbocycles. The summed E-state index contributed by atoms with van der Waals surface area (Å²) in [4.78, 5) is 0. The van der Waals surface area contributed by atoms with Crippen LogP contribution < -0.4 is 0 Å². The molecule has 27 heavy (non-hydrogen) atoms. The van der Waals surface area contributed by atoms with Crippen LogP contribution in [-0.2, 0) is 28.8 Å². The Balaban J connectivity index is 1.57. The van der Waals surface area contributed by atoms with Gasteiger partial charge in [0.2, 0.25) is 0 Å². The number of hydrogen-bond donors (Lipinski definition) is 0. The Morgan fingerprint density at radius 3 is 1.56 bits per heavy atom. The van der Waals surface area contributed by atoms with Gasteiger partial charge in [0.25, 0.3) is 0 Å². The molecule has 0 spiro atoms. The number of ether oxygens (including phenoxy) is 1. The Labute approximate surface area is 180 Å². The van der Waals surface area contributed by atoms with Gasteiger partial charge in [-0.25, -0.2) is 0 Å². The van der Waals surface area contributed by atoms with E-state index >= 15 is 0 Å². The van der Waals surface area contributed by atoms with Crippen molar-refractivity contribution in [2.45, 2.75) is 82.4 Å². The second kappa shape index (κ2) is 14.2. The maximum Gasteiger partial charge on any atom is 0.0721 e. The Morgan fingerprint density at radius 2 is 1.04 bits per heavy atom. The Hall–Kier alpha value is -0.870. The van der Waals surface area contributed by atoms with Crippen molar-refractivity contribution < 1.29 is 4.74 Å². The van der Waals surface area contributed by atoms with Gasteiger partial charge in [0.15, 0.2) is 0 Å². The Bertz CT molecular complexity index is 603. The predicted molar refractivity (Wildman–Crippen MR) is 125 cm³/mol. The van der Waals surface area contributed by atoms with Gasteiger partial charge in [-0.1, -0.05) is 123 Å². The first kappa shape index (κ1) is 22.4. The number of halogens is 1. The summed E-state index contributed by atoms with van der Waals surface area (Å²) in [6, 6.07) is 17.7. The van der Waals surface area contributed by atoms with Gasteiger partial charge in [0, 0.05) is 4.43 Å². The monoisotopic (exact) mass is 478 g/mol. The maximum absolute atomic E-state index is 5.87. The van der Waals surface area contributed by atoms with Crippen LogP contribution in [0.25, 0.3) is 0 Å². The highest BCUT2D eigenvalue weighted by molar-refractivity contribution is 14.1. The van der Waals surface area contributed by atoms with Crippen molar-refractivity contribution in [3.63, 3.8) is 0 Å². The number of benzene rings is 2. The molecule has 2 rings (SSSR count). The lowest BCUT2D eigenvalue weighted by Gasteiger charge is -2.07. The highest BCUT2D eigenvalue weighted by Gasteiger charge is 1.99. The minimum Gasteiger partial charge on any atom is -0.372 e. The molecule has 0 aliphatic rings. The van der Waals surface area contributed by atoms with Crippen LogP contribution in [0.15, 0.2) is 48.5 Å². The number of alkyl halides is 1. The van der Waals surface area contributed by atoms with Gasteiger partial charge in [-0.2, -0.15) is 0 Å². The van der Waals surface area contributed by atoms with Crippen LogP contribution in [0.5, 0.6) is 0 Å². The number of aryl methyl sites for hydroxylation is 1. The highest BCUT2D eigenvalue weighted by atomic mass is 127. The molecule has 0 saturated heterocycles. The fourth-order valence-corrected chi connectivity index (χ4v) is 3.78. The minimum absolute atomic E-state index is 0.682. The predicted octanol–water partition coefficient (Wildman–Crippen LogP) is 8.02.